The Morgan fingerprint density at radius 2 is 1.81 bits per heavy atom. The molecule has 1 N–H and O–H groups in total. The van der Waals surface area contributed by atoms with Crippen molar-refractivity contribution in [3.63, 3.8) is 0 Å². The minimum atomic E-state index is -0.119. The lowest BCUT2D eigenvalue weighted by atomic mass is 10.2. The van der Waals surface area contributed by atoms with E-state index in [0.717, 1.165) is 9.26 Å². The van der Waals surface area contributed by atoms with Crippen LogP contribution < -0.4 is 5.32 Å². The normalized spacial score (nSPS) is 9.81. The predicted octanol–water partition coefficient (Wildman–Crippen LogP) is 2.94. The smallest absolute Gasteiger partial charge is 0.255 e. The summed E-state index contributed by atoms with van der Waals surface area (Å²) in [6.45, 7) is 0. The number of nitrogens with one attached hydrogen (secondary N) is 1. The van der Waals surface area contributed by atoms with Crippen molar-refractivity contribution < 1.29 is 4.79 Å². The van der Waals surface area contributed by atoms with Crippen LogP contribution in [0.4, 0.5) is 5.69 Å². The molecule has 0 saturated carbocycles. The molecule has 0 unspecified atom stereocenters. The average Bonchev–Trinajstić information content (AvgIpc) is 2.33. The molecule has 0 atom stereocenters. The molecule has 0 radical (unpaired) electrons. The van der Waals surface area contributed by atoms with Crippen LogP contribution in [0.5, 0.6) is 0 Å². The van der Waals surface area contributed by atoms with E-state index in [2.05, 4.69) is 32.9 Å². The van der Waals surface area contributed by atoms with E-state index in [1.807, 2.05) is 24.3 Å². The molecular weight excluding hydrogens is 315 g/mol. The summed E-state index contributed by atoms with van der Waals surface area (Å²) < 4.78 is 1.02. The van der Waals surface area contributed by atoms with Gasteiger partial charge in [-0.3, -0.25) is 9.78 Å². The maximum Gasteiger partial charge on any atom is 0.255 e. The molecule has 1 amide bonds. The molecule has 0 aliphatic carbocycles. The zero-order valence-corrected chi connectivity index (χ0v) is 10.5. The topological polar surface area (TPSA) is 42.0 Å². The third-order valence-corrected chi connectivity index (χ3v) is 3.01. The molecule has 0 bridgehead atoms. The fourth-order valence-corrected chi connectivity index (χ4v) is 1.78. The van der Waals surface area contributed by atoms with Crippen LogP contribution in [-0.2, 0) is 0 Å². The first-order valence-electron chi connectivity index (χ1n) is 4.73. The molecule has 4 heteroatoms. The third kappa shape index (κ3) is 2.57. The molecule has 0 spiro atoms. The Balaban J connectivity index is 2.18. The predicted molar refractivity (Wildman–Crippen MR) is 71.3 cm³/mol. The standard InChI is InChI=1S/C12H9IN2O/c13-10-3-1-2-4-11(10)15-12(16)9-5-7-14-8-6-9/h1-8H,(H,15,16). The molecule has 16 heavy (non-hydrogen) atoms. The number of rotatable bonds is 2. The average molecular weight is 324 g/mol. The Morgan fingerprint density at radius 1 is 1.12 bits per heavy atom. The Bertz CT molecular complexity index is 499. The second kappa shape index (κ2) is 5.07. The fraction of sp³-hybridized carbons (Fsp3) is 0. The maximum atomic E-state index is 11.8. The lowest BCUT2D eigenvalue weighted by molar-refractivity contribution is 0.102. The van der Waals surface area contributed by atoms with E-state index >= 15 is 0 Å². The number of carbonyl (C=O) groups excluding carboxylic acids is 1. The van der Waals surface area contributed by atoms with Crippen LogP contribution in [0.1, 0.15) is 10.4 Å². The highest BCUT2D eigenvalue weighted by molar-refractivity contribution is 14.1. The molecule has 1 heterocycles. The van der Waals surface area contributed by atoms with Gasteiger partial charge in [0.2, 0.25) is 0 Å². The highest BCUT2D eigenvalue weighted by Gasteiger charge is 2.06. The Kier molecular flexibility index (Phi) is 3.51. The van der Waals surface area contributed by atoms with Crippen molar-refractivity contribution in [2.45, 2.75) is 0 Å². The number of amides is 1. The van der Waals surface area contributed by atoms with Crippen LogP contribution in [0.3, 0.4) is 0 Å². The Labute approximate surface area is 107 Å². The number of aromatic nitrogens is 1. The van der Waals surface area contributed by atoms with E-state index in [0.29, 0.717) is 5.56 Å². The third-order valence-electron chi connectivity index (χ3n) is 2.06. The lowest BCUT2D eigenvalue weighted by Gasteiger charge is -2.06. The highest BCUT2D eigenvalue weighted by Crippen LogP contribution is 2.17. The van der Waals surface area contributed by atoms with Crippen LogP contribution in [0.25, 0.3) is 0 Å². The molecular formula is C12H9IN2O. The van der Waals surface area contributed by atoms with E-state index in [1.54, 1.807) is 24.5 Å². The summed E-state index contributed by atoms with van der Waals surface area (Å²) >= 11 is 2.19. The van der Waals surface area contributed by atoms with Crippen molar-refractivity contribution in [2.24, 2.45) is 0 Å². The first kappa shape index (κ1) is 11.1. The summed E-state index contributed by atoms with van der Waals surface area (Å²) in [7, 11) is 0. The molecule has 0 aliphatic heterocycles. The first-order chi connectivity index (χ1) is 7.77. The summed E-state index contributed by atoms with van der Waals surface area (Å²) in [5.41, 5.74) is 1.43. The molecule has 2 rings (SSSR count). The molecule has 80 valence electrons. The maximum absolute atomic E-state index is 11.8. The minimum Gasteiger partial charge on any atom is -0.321 e. The van der Waals surface area contributed by atoms with E-state index in [4.69, 9.17) is 0 Å². The minimum absolute atomic E-state index is 0.119. The molecule has 0 aliphatic rings. The molecule has 0 saturated heterocycles. The van der Waals surface area contributed by atoms with Gasteiger partial charge in [0.25, 0.3) is 5.91 Å². The first-order valence-corrected chi connectivity index (χ1v) is 5.81. The summed E-state index contributed by atoms with van der Waals surface area (Å²) in [6.07, 6.45) is 3.20. The summed E-state index contributed by atoms with van der Waals surface area (Å²) in [4.78, 5) is 15.7. The Hall–Kier alpha value is -1.43. The highest BCUT2D eigenvalue weighted by atomic mass is 127. The molecule has 2 aromatic rings. The van der Waals surface area contributed by atoms with Gasteiger partial charge in [-0.05, 0) is 46.9 Å². The molecule has 0 fully saturated rings. The number of anilines is 1. The van der Waals surface area contributed by atoms with Crippen molar-refractivity contribution >= 4 is 34.2 Å². The lowest BCUT2D eigenvalue weighted by Crippen LogP contribution is -2.12. The number of pyridine rings is 1. The van der Waals surface area contributed by atoms with Gasteiger partial charge >= 0.3 is 0 Å². The van der Waals surface area contributed by atoms with Gasteiger partial charge < -0.3 is 5.32 Å². The van der Waals surface area contributed by atoms with Crippen molar-refractivity contribution in [1.82, 2.24) is 4.98 Å². The van der Waals surface area contributed by atoms with Gasteiger partial charge in [0, 0.05) is 21.5 Å². The second-order valence-electron chi connectivity index (χ2n) is 3.17. The van der Waals surface area contributed by atoms with E-state index in [9.17, 15) is 4.79 Å². The summed E-state index contributed by atoms with van der Waals surface area (Å²) in [5, 5.41) is 2.85. The van der Waals surface area contributed by atoms with Crippen LogP contribution in [0, 0.1) is 3.57 Å². The molecule has 1 aromatic heterocycles. The van der Waals surface area contributed by atoms with Gasteiger partial charge in [-0.1, -0.05) is 12.1 Å². The summed E-state index contributed by atoms with van der Waals surface area (Å²) in [6, 6.07) is 11.0. The number of hydrogen-bond donors (Lipinski definition) is 1. The van der Waals surface area contributed by atoms with Crippen LogP contribution >= 0.6 is 22.6 Å². The SMILES string of the molecule is O=C(Nc1ccccc1I)c1ccncc1. The Morgan fingerprint density at radius 3 is 2.50 bits per heavy atom. The van der Waals surface area contributed by atoms with Crippen molar-refractivity contribution in [1.29, 1.82) is 0 Å². The van der Waals surface area contributed by atoms with Gasteiger partial charge in [0.05, 0.1) is 5.69 Å². The number of carbonyl (C=O) groups is 1. The van der Waals surface area contributed by atoms with E-state index in [1.165, 1.54) is 0 Å². The van der Waals surface area contributed by atoms with Crippen molar-refractivity contribution in [3.05, 3.63) is 57.9 Å². The van der Waals surface area contributed by atoms with Gasteiger partial charge in [0.15, 0.2) is 0 Å². The number of nitrogens with zero attached hydrogens (tertiary/aromatic N) is 1. The van der Waals surface area contributed by atoms with Crippen LogP contribution in [-0.4, -0.2) is 10.9 Å². The number of para-hydroxylation sites is 1. The second-order valence-corrected chi connectivity index (χ2v) is 4.33. The fourth-order valence-electron chi connectivity index (χ4n) is 1.26. The number of benzene rings is 1. The van der Waals surface area contributed by atoms with Crippen LogP contribution in [0.2, 0.25) is 0 Å². The van der Waals surface area contributed by atoms with Crippen molar-refractivity contribution in [3.8, 4) is 0 Å². The zero-order chi connectivity index (χ0) is 11.4. The number of halogens is 1. The van der Waals surface area contributed by atoms with Gasteiger partial charge in [-0.15, -0.1) is 0 Å². The van der Waals surface area contributed by atoms with Gasteiger partial charge in [0.1, 0.15) is 0 Å². The quantitative estimate of drug-likeness (QED) is 0.863. The largest absolute Gasteiger partial charge is 0.321 e. The van der Waals surface area contributed by atoms with Gasteiger partial charge in [-0.25, -0.2) is 0 Å². The van der Waals surface area contributed by atoms with E-state index in [-0.39, 0.29) is 5.91 Å². The monoisotopic (exact) mass is 324 g/mol. The summed E-state index contributed by atoms with van der Waals surface area (Å²) in [5.74, 6) is -0.119. The molecule has 3 nitrogen and oxygen atoms in total. The number of hydrogen-bond acceptors (Lipinski definition) is 2. The van der Waals surface area contributed by atoms with Gasteiger partial charge in [-0.2, -0.15) is 0 Å². The molecule has 1 aromatic carbocycles. The van der Waals surface area contributed by atoms with Crippen LogP contribution in [0.15, 0.2) is 48.8 Å². The van der Waals surface area contributed by atoms with Crippen molar-refractivity contribution in [2.75, 3.05) is 5.32 Å². The zero-order valence-electron chi connectivity index (χ0n) is 8.35. The van der Waals surface area contributed by atoms with E-state index < -0.39 is 0 Å².